The minimum atomic E-state index is -0.0160. The van der Waals surface area contributed by atoms with Crippen LogP contribution in [0.5, 0.6) is 0 Å². The van der Waals surface area contributed by atoms with E-state index in [2.05, 4.69) is 27.7 Å². The van der Waals surface area contributed by atoms with Gasteiger partial charge in [-0.25, -0.2) is 0 Å². The number of rotatable bonds is 6. The minimum Gasteiger partial charge on any atom is -0.326 e. The molecule has 21 heavy (non-hydrogen) atoms. The number of hydrogen-bond acceptors (Lipinski definition) is 4. The lowest BCUT2D eigenvalue weighted by atomic mass is 10.2. The van der Waals surface area contributed by atoms with Crippen molar-refractivity contribution in [2.24, 2.45) is 0 Å². The van der Waals surface area contributed by atoms with Crippen LogP contribution in [-0.2, 0) is 11.3 Å². The summed E-state index contributed by atoms with van der Waals surface area (Å²) in [7, 11) is 2.01. The van der Waals surface area contributed by atoms with Gasteiger partial charge in [0.25, 0.3) is 0 Å². The third kappa shape index (κ3) is 5.03. The Morgan fingerprint density at radius 3 is 2.71 bits per heavy atom. The van der Waals surface area contributed by atoms with E-state index >= 15 is 0 Å². The molecule has 0 aliphatic carbocycles. The summed E-state index contributed by atoms with van der Waals surface area (Å²) in [5.41, 5.74) is 1.31. The van der Waals surface area contributed by atoms with Crippen LogP contribution in [0.15, 0.2) is 41.8 Å². The molecule has 1 heterocycles. The molecule has 0 bridgehead atoms. The molecule has 0 radical (unpaired) electrons. The Morgan fingerprint density at radius 1 is 1.33 bits per heavy atom. The van der Waals surface area contributed by atoms with E-state index in [1.54, 1.807) is 35.6 Å². The Labute approximate surface area is 128 Å². The molecule has 0 aliphatic heterocycles. The van der Waals surface area contributed by atoms with E-state index in [-0.39, 0.29) is 5.91 Å². The minimum absolute atomic E-state index is 0.0160. The van der Waals surface area contributed by atoms with E-state index in [1.165, 1.54) is 4.88 Å². The van der Waals surface area contributed by atoms with E-state index < -0.39 is 0 Å². The molecule has 1 N–H and O–H groups in total. The second-order valence-corrected chi connectivity index (χ2v) is 5.84. The van der Waals surface area contributed by atoms with E-state index in [0.717, 1.165) is 12.2 Å². The Bertz CT molecular complexity index is 614. The molecule has 0 saturated heterocycles. The molecular formula is C16H17N3OS. The number of amides is 1. The van der Waals surface area contributed by atoms with E-state index in [0.29, 0.717) is 18.5 Å². The first-order valence-electron chi connectivity index (χ1n) is 6.68. The Hall–Kier alpha value is -2.16. The quantitative estimate of drug-likeness (QED) is 0.892. The monoisotopic (exact) mass is 299 g/mol. The maximum Gasteiger partial charge on any atom is 0.225 e. The van der Waals surface area contributed by atoms with Crippen molar-refractivity contribution in [3.05, 3.63) is 52.2 Å². The molecule has 4 nitrogen and oxygen atoms in total. The Morgan fingerprint density at radius 2 is 2.10 bits per heavy atom. The van der Waals surface area contributed by atoms with Crippen molar-refractivity contribution in [1.29, 1.82) is 5.26 Å². The number of thiophene rings is 1. The summed E-state index contributed by atoms with van der Waals surface area (Å²) in [5.74, 6) is -0.0160. The van der Waals surface area contributed by atoms with Gasteiger partial charge in [0.15, 0.2) is 0 Å². The van der Waals surface area contributed by atoms with Crippen LogP contribution in [-0.4, -0.2) is 24.4 Å². The molecule has 0 fully saturated rings. The summed E-state index contributed by atoms with van der Waals surface area (Å²) >= 11 is 1.72. The van der Waals surface area contributed by atoms with Crippen LogP contribution in [0.2, 0.25) is 0 Å². The highest BCUT2D eigenvalue weighted by Gasteiger charge is 2.06. The fraction of sp³-hybridized carbons (Fsp3) is 0.250. The highest BCUT2D eigenvalue weighted by molar-refractivity contribution is 7.09. The van der Waals surface area contributed by atoms with Crippen molar-refractivity contribution < 1.29 is 4.79 Å². The Kier molecular flexibility index (Phi) is 5.50. The van der Waals surface area contributed by atoms with E-state index in [9.17, 15) is 4.79 Å². The summed E-state index contributed by atoms with van der Waals surface area (Å²) in [4.78, 5) is 15.3. The van der Waals surface area contributed by atoms with Crippen molar-refractivity contribution in [3.8, 4) is 6.07 Å². The second kappa shape index (κ2) is 7.58. The molecular weight excluding hydrogens is 282 g/mol. The van der Waals surface area contributed by atoms with Crippen molar-refractivity contribution in [2.75, 3.05) is 18.9 Å². The number of carbonyl (C=O) groups excluding carboxylic acids is 1. The van der Waals surface area contributed by atoms with Gasteiger partial charge in [0.1, 0.15) is 0 Å². The van der Waals surface area contributed by atoms with Crippen molar-refractivity contribution in [2.45, 2.75) is 13.0 Å². The van der Waals surface area contributed by atoms with Crippen molar-refractivity contribution in [3.63, 3.8) is 0 Å². The first-order chi connectivity index (χ1) is 10.2. The van der Waals surface area contributed by atoms with Gasteiger partial charge in [-0.05, 0) is 42.8 Å². The van der Waals surface area contributed by atoms with Gasteiger partial charge in [0.2, 0.25) is 5.91 Å². The third-order valence-corrected chi connectivity index (χ3v) is 3.89. The molecule has 1 aromatic carbocycles. The van der Waals surface area contributed by atoms with Crippen LogP contribution in [0.1, 0.15) is 16.9 Å². The number of anilines is 1. The maximum absolute atomic E-state index is 11.9. The molecule has 108 valence electrons. The number of hydrogen-bond donors (Lipinski definition) is 1. The SMILES string of the molecule is CN(CCC(=O)Nc1ccc(C#N)cc1)Cc1cccs1. The predicted molar refractivity (Wildman–Crippen MR) is 85.1 cm³/mol. The van der Waals surface area contributed by atoms with Gasteiger partial charge >= 0.3 is 0 Å². The topological polar surface area (TPSA) is 56.1 Å². The molecule has 5 heteroatoms. The van der Waals surface area contributed by atoms with Crippen LogP contribution in [0, 0.1) is 11.3 Å². The lowest BCUT2D eigenvalue weighted by Crippen LogP contribution is -2.23. The third-order valence-electron chi connectivity index (χ3n) is 3.02. The number of nitrogens with one attached hydrogen (secondary N) is 1. The lowest BCUT2D eigenvalue weighted by molar-refractivity contribution is -0.116. The molecule has 0 spiro atoms. The highest BCUT2D eigenvalue weighted by Crippen LogP contribution is 2.12. The van der Waals surface area contributed by atoms with Crippen LogP contribution < -0.4 is 5.32 Å². The molecule has 2 aromatic rings. The highest BCUT2D eigenvalue weighted by atomic mass is 32.1. The zero-order valence-electron chi connectivity index (χ0n) is 11.9. The van der Waals surface area contributed by atoms with Crippen molar-refractivity contribution >= 4 is 22.9 Å². The number of carbonyl (C=O) groups is 1. The van der Waals surface area contributed by atoms with Crippen LogP contribution in [0.4, 0.5) is 5.69 Å². The summed E-state index contributed by atoms with van der Waals surface area (Å²) in [6.07, 6.45) is 0.446. The van der Waals surface area contributed by atoms with Gasteiger partial charge in [0, 0.05) is 30.1 Å². The van der Waals surface area contributed by atoms with Crippen LogP contribution in [0.25, 0.3) is 0 Å². The number of nitriles is 1. The fourth-order valence-corrected chi connectivity index (χ4v) is 2.68. The molecule has 0 atom stereocenters. The van der Waals surface area contributed by atoms with Gasteiger partial charge in [-0.15, -0.1) is 11.3 Å². The van der Waals surface area contributed by atoms with Crippen LogP contribution in [0.3, 0.4) is 0 Å². The summed E-state index contributed by atoms with van der Waals surface area (Å²) in [5, 5.41) is 13.6. The summed E-state index contributed by atoms with van der Waals surface area (Å²) in [6, 6.07) is 13.0. The van der Waals surface area contributed by atoms with Gasteiger partial charge in [0.05, 0.1) is 11.6 Å². The second-order valence-electron chi connectivity index (χ2n) is 4.80. The standard InChI is InChI=1S/C16H17N3OS/c1-19(12-15-3-2-10-21-15)9-8-16(20)18-14-6-4-13(11-17)5-7-14/h2-7,10H,8-9,12H2,1H3,(H,18,20). The van der Waals surface area contributed by atoms with E-state index in [4.69, 9.17) is 5.26 Å². The van der Waals surface area contributed by atoms with Gasteiger partial charge in [-0.3, -0.25) is 4.79 Å². The smallest absolute Gasteiger partial charge is 0.225 e. The van der Waals surface area contributed by atoms with Crippen molar-refractivity contribution in [1.82, 2.24) is 4.90 Å². The van der Waals surface area contributed by atoms with Gasteiger partial charge < -0.3 is 10.2 Å². The zero-order chi connectivity index (χ0) is 15.1. The lowest BCUT2D eigenvalue weighted by Gasteiger charge is -2.15. The number of nitrogens with zero attached hydrogens (tertiary/aromatic N) is 2. The normalized spacial score (nSPS) is 10.3. The predicted octanol–water partition coefficient (Wildman–Crippen LogP) is 3.08. The van der Waals surface area contributed by atoms with Crippen LogP contribution >= 0.6 is 11.3 Å². The maximum atomic E-state index is 11.9. The zero-order valence-corrected chi connectivity index (χ0v) is 12.7. The first-order valence-corrected chi connectivity index (χ1v) is 7.56. The molecule has 1 amide bonds. The summed E-state index contributed by atoms with van der Waals surface area (Å²) < 4.78 is 0. The largest absolute Gasteiger partial charge is 0.326 e. The average molecular weight is 299 g/mol. The molecule has 0 saturated carbocycles. The van der Waals surface area contributed by atoms with Gasteiger partial charge in [-0.1, -0.05) is 6.07 Å². The fourth-order valence-electron chi connectivity index (χ4n) is 1.89. The molecule has 1 aromatic heterocycles. The first kappa shape index (κ1) is 15.2. The Balaban J connectivity index is 1.75. The number of benzene rings is 1. The van der Waals surface area contributed by atoms with Gasteiger partial charge in [-0.2, -0.15) is 5.26 Å². The molecule has 2 rings (SSSR count). The molecule has 0 aliphatic rings. The average Bonchev–Trinajstić information content (AvgIpc) is 2.99. The molecule has 0 unspecified atom stereocenters. The van der Waals surface area contributed by atoms with E-state index in [1.807, 2.05) is 13.1 Å². The summed E-state index contributed by atoms with van der Waals surface area (Å²) in [6.45, 7) is 1.57.